The van der Waals surface area contributed by atoms with Gasteiger partial charge in [0.1, 0.15) is 18.5 Å². The Hall–Kier alpha value is -1.71. The molecule has 0 fully saturated rings. The lowest BCUT2D eigenvalue weighted by Gasteiger charge is -2.00. The fourth-order valence-electron chi connectivity index (χ4n) is 1.20. The van der Waals surface area contributed by atoms with Gasteiger partial charge in [0.05, 0.1) is 0 Å². The number of aryl methyl sites for hydroxylation is 1. The van der Waals surface area contributed by atoms with Crippen molar-refractivity contribution in [1.82, 2.24) is 19.5 Å². The van der Waals surface area contributed by atoms with Crippen molar-refractivity contribution < 1.29 is 0 Å². The highest BCUT2D eigenvalue weighted by atomic mass is 15.0. The number of aromatic nitrogens is 4. The van der Waals surface area contributed by atoms with Crippen molar-refractivity contribution in [3.63, 3.8) is 0 Å². The van der Waals surface area contributed by atoms with Gasteiger partial charge in [-0.2, -0.15) is 0 Å². The zero-order chi connectivity index (χ0) is 9.10. The molecule has 4 heteroatoms. The molecule has 0 aliphatic carbocycles. The van der Waals surface area contributed by atoms with Crippen LogP contribution in [0.3, 0.4) is 0 Å². The quantitative estimate of drug-likeness (QED) is 0.676. The Labute approximate surface area is 76.3 Å². The van der Waals surface area contributed by atoms with Gasteiger partial charge in [0.15, 0.2) is 0 Å². The fourth-order valence-corrected chi connectivity index (χ4v) is 1.20. The molecule has 0 saturated heterocycles. The summed E-state index contributed by atoms with van der Waals surface area (Å²) < 4.78 is 2.06. The van der Waals surface area contributed by atoms with Gasteiger partial charge in [0.25, 0.3) is 0 Å². The molecule has 0 spiro atoms. The number of hydrogen-bond acceptors (Lipinski definition) is 3. The van der Waals surface area contributed by atoms with Gasteiger partial charge < -0.3 is 4.57 Å². The standard InChI is InChI=1S/C9H10N4/c1-13-4-2-3-8(13)5-9-11-6-10-7-12-9/h2-4,6-7H,5H2,1H3. The van der Waals surface area contributed by atoms with Gasteiger partial charge >= 0.3 is 0 Å². The Morgan fingerprint density at radius 1 is 1.31 bits per heavy atom. The topological polar surface area (TPSA) is 43.6 Å². The van der Waals surface area contributed by atoms with E-state index in [9.17, 15) is 0 Å². The molecule has 0 atom stereocenters. The maximum absolute atomic E-state index is 4.06. The normalized spacial score (nSPS) is 10.2. The molecule has 0 bridgehead atoms. The lowest BCUT2D eigenvalue weighted by molar-refractivity contribution is 0.813. The van der Waals surface area contributed by atoms with Crippen LogP contribution in [0.1, 0.15) is 11.5 Å². The molecule has 0 amide bonds. The molecule has 2 heterocycles. The average Bonchev–Trinajstić information content (AvgIpc) is 2.54. The lowest BCUT2D eigenvalue weighted by atomic mass is 10.3. The third kappa shape index (κ3) is 1.72. The van der Waals surface area contributed by atoms with Crippen molar-refractivity contribution >= 4 is 0 Å². The molecule has 2 rings (SSSR count). The summed E-state index contributed by atoms with van der Waals surface area (Å²) in [6, 6.07) is 4.07. The van der Waals surface area contributed by atoms with Gasteiger partial charge in [-0.3, -0.25) is 0 Å². The molecule has 0 unspecified atom stereocenters. The summed E-state index contributed by atoms with van der Waals surface area (Å²) in [4.78, 5) is 11.9. The molecule has 2 aromatic rings. The summed E-state index contributed by atoms with van der Waals surface area (Å²) in [6.07, 6.45) is 5.80. The fraction of sp³-hybridized carbons (Fsp3) is 0.222. The van der Waals surface area contributed by atoms with Crippen LogP contribution in [0.25, 0.3) is 0 Å². The van der Waals surface area contributed by atoms with Crippen molar-refractivity contribution in [3.8, 4) is 0 Å². The Kier molecular flexibility index (Phi) is 2.04. The van der Waals surface area contributed by atoms with Crippen LogP contribution in [0.4, 0.5) is 0 Å². The summed E-state index contributed by atoms with van der Waals surface area (Å²) >= 11 is 0. The van der Waals surface area contributed by atoms with E-state index in [2.05, 4.69) is 25.6 Å². The maximum Gasteiger partial charge on any atom is 0.137 e. The summed E-state index contributed by atoms with van der Waals surface area (Å²) in [5.74, 6) is 0.803. The van der Waals surface area contributed by atoms with Crippen LogP contribution in [0, 0.1) is 0 Å². The van der Waals surface area contributed by atoms with Crippen LogP contribution < -0.4 is 0 Å². The van der Waals surface area contributed by atoms with Crippen molar-refractivity contribution in [3.05, 3.63) is 42.5 Å². The summed E-state index contributed by atoms with van der Waals surface area (Å²) in [7, 11) is 2.01. The van der Waals surface area contributed by atoms with Gasteiger partial charge in [-0.05, 0) is 12.1 Å². The van der Waals surface area contributed by atoms with Crippen LogP contribution >= 0.6 is 0 Å². The second kappa shape index (κ2) is 3.35. The van der Waals surface area contributed by atoms with Crippen LogP contribution in [0.2, 0.25) is 0 Å². The highest BCUT2D eigenvalue weighted by Gasteiger charge is 2.00. The number of rotatable bonds is 2. The molecule has 0 radical (unpaired) electrons. The van der Waals surface area contributed by atoms with E-state index in [4.69, 9.17) is 0 Å². The predicted octanol–water partition coefficient (Wildman–Crippen LogP) is 0.801. The van der Waals surface area contributed by atoms with Gasteiger partial charge in [0.2, 0.25) is 0 Å². The monoisotopic (exact) mass is 174 g/mol. The van der Waals surface area contributed by atoms with Gasteiger partial charge in [0, 0.05) is 25.4 Å². The smallest absolute Gasteiger partial charge is 0.137 e. The minimum atomic E-state index is 0.756. The van der Waals surface area contributed by atoms with Crippen LogP contribution in [-0.4, -0.2) is 19.5 Å². The van der Waals surface area contributed by atoms with Crippen molar-refractivity contribution in [1.29, 1.82) is 0 Å². The predicted molar refractivity (Wildman–Crippen MR) is 48.0 cm³/mol. The zero-order valence-corrected chi connectivity index (χ0v) is 7.38. The molecule has 0 N–H and O–H groups in total. The van der Waals surface area contributed by atoms with E-state index in [0.29, 0.717) is 0 Å². The highest BCUT2D eigenvalue weighted by molar-refractivity contribution is 5.11. The van der Waals surface area contributed by atoms with Crippen molar-refractivity contribution in [2.75, 3.05) is 0 Å². The van der Waals surface area contributed by atoms with Crippen LogP contribution in [-0.2, 0) is 13.5 Å². The Balaban J connectivity index is 2.20. The van der Waals surface area contributed by atoms with Crippen molar-refractivity contribution in [2.45, 2.75) is 6.42 Å². The molecule has 2 aromatic heterocycles. The first kappa shape index (κ1) is 7.91. The first-order chi connectivity index (χ1) is 6.36. The van der Waals surface area contributed by atoms with E-state index < -0.39 is 0 Å². The molecule has 66 valence electrons. The lowest BCUT2D eigenvalue weighted by Crippen LogP contribution is -2.00. The van der Waals surface area contributed by atoms with E-state index in [1.54, 1.807) is 0 Å². The van der Waals surface area contributed by atoms with Crippen LogP contribution in [0.5, 0.6) is 0 Å². The first-order valence-corrected chi connectivity index (χ1v) is 4.07. The van der Waals surface area contributed by atoms with E-state index in [0.717, 1.165) is 12.2 Å². The summed E-state index contributed by atoms with van der Waals surface area (Å²) in [6.45, 7) is 0. The van der Waals surface area contributed by atoms with E-state index in [1.807, 2.05) is 19.3 Å². The second-order valence-corrected chi connectivity index (χ2v) is 2.84. The zero-order valence-electron chi connectivity index (χ0n) is 7.38. The summed E-state index contributed by atoms with van der Waals surface area (Å²) in [5, 5.41) is 0. The molecule has 4 nitrogen and oxygen atoms in total. The molecular formula is C9H10N4. The van der Waals surface area contributed by atoms with E-state index in [-0.39, 0.29) is 0 Å². The third-order valence-corrected chi connectivity index (χ3v) is 1.94. The van der Waals surface area contributed by atoms with Gasteiger partial charge in [-0.1, -0.05) is 0 Å². The van der Waals surface area contributed by atoms with Crippen LogP contribution in [0.15, 0.2) is 31.0 Å². The van der Waals surface area contributed by atoms with E-state index in [1.165, 1.54) is 18.3 Å². The maximum atomic E-state index is 4.06. The molecule has 0 aliphatic heterocycles. The Morgan fingerprint density at radius 2 is 2.08 bits per heavy atom. The molecule has 0 saturated carbocycles. The first-order valence-electron chi connectivity index (χ1n) is 4.07. The highest BCUT2D eigenvalue weighted by Crippen LogP contribution is 2.03. The molecule has 0 aromatic carbocycles. The molecule has 0 aliphatic rings. The summed E-state index contributed by atoms with van der Waals surface area (Å²) in [5.41, 5.74) is 1.20. The SMILES string of the molecule is Cn1cccc1Cc1ncncn1. The third-order valence-electron chi connectivity index (χ3n) is 1.94. The Morgan fingerprint density at radius 3 is 2.69 bits per heavy atom. The van der Waals surface area contributed by atoms with E-state index >= 15 is 0 Å². The Bertz CT molecular complexity index is 380. The number of nitrogens with zero attached hydrogens (tertiary/aromatic N) is 4. The molecular weight excluding hydrogens is 164 g/mol. The minimum Gasteiger partial charge on any atom is -0.354 e. The largest absolute Gasteiger partial charge is 0.354 e. The average molecular weight is 174 g/mol. The minimum absolute atomic E-state index is 0.756. The second-order valence-electron chi connectivity index (χ2n) is 2.84. The van der Waals surface area contributed by atoms with Crippen molar-refractivity contribution in [2.24, 2.45) is 7.05 Å². The van der Waals surface area contributed by atoms with Gasteiger partial charge in [-0.15, -0.1) is 0 Å². The number of hydrogen-bond donors (Lipinski definition) is 0. The van der Waals surface area contributed by atoms with Gasteiger partial charge in [-0.25, -0.2) is 15.0 Å². The molecule has 13 heavy (non-hydrogen) atoms.